The van der Waals surface area contributed by atoms with Crippen molar-refractivity contribution in [1.82, 2.24) is 15.2 Å². The number of halogens is 1. The molecule has 0 bridgehead atoms. The molecule has 1 aliphatic heterocycles. The molecule has 4 rings (SSSR count). The largest absolute Gasteiger partial charge is 0.361 e. The van der Waals surface area contributed by atoms with Crippen molar-refractivity contribution in [2.45, 2.75) is 38.3 Å². The van der Waals surface area contributed by atoms with Gasteiger partial charge in [-0.2, -0.15) is 0 Å². The quantitative estimate of drug-likeness (QED) is 0.644. The summed E-state index contributed by atoms with van der Waals surface area (Å²) in [6.07, 6.45) is 5.34. The molecule has 2 N–H and O–H groups in total. The molecule has 2 aromatic carbocycles. The van der Waals surface area contributed by atoms with E-state index in [0.717, 1.165) is 49.4 Å². The van der Waals surface area contributed by atoms with Crippen LogP contribution in [0.25, 0.3) is 10.9 Å². The van der Waals surface area contributed by atoms with Gasteiger partial charge in [-0.1, -0.05) is 41.9 Å². The van der Waals surface area contributed by atoms with Gasteiger partial charge in [-0.15, -0.1) is 0 Å². The maximum absolute atomic E-state index is 12.4. The van der Waals surface area contributed by atoms with E-state index < -0.39 is 0 Å². The number of H-pyrrole nitrogens is 1. The number of rotatable bonds is 6. The first-order valence-corrected chi connectivity index (χ1v) is 10.4. The Labute approximate surface area is 170 Å². The van der Waals surface area contributed by atoms with Gasteiger partial charge in [-0.3, -0.25) is 9.69 Å². The van der Waals surface area contributed by atoms with Gasteiger partial charge < -0.3 is 10.3 Å². The molecule has 0 atom stereocenters. The average molecular weight is 396 g/mol. The normalized spacial score (nSPS) is 15.8. The van der Waals surface area contributed by atoms with Crippen LogP contribution in [0.1, 0.15) is 30.4 Å². The van der Waals surface area contributed by atoms with Gasteiger partial charge >= 0.3 is 0 Å². The van der Waals surface area contributed by atoms with Crippen LogP contribution in [0, 0.1) is 0 Å². The van der Waals surface area contributed by atoms with E-state index in [1.54, 1.807) is 0 Å². The highest BCUT2D eigenvalue weighted by atomic mass is 35.5. The number of para-hydroxylation sites is 1. The van der Waals surface area contributed by atoms with Crippen molar-refractivity contribution < 1.29 is 4.79 Å². The second-order valence-corrected chi connectivity index (χ2v) is 8.04. The monoisotopic (exact) mass is 395 g/mol. The lowest BCUT2D eigenvalue weighted by molar-refractivity contribution is -0.122. The Balaban J connectivity index is 1.21. The number of fused-ring (bicyclic) bond motifs is 1. The summed E-state index contributed by atoms with van der Waals surface area (Å²) in [4.78, 5) is 18.1. The van der Waals surface area contributed by atoms with E-state index in [9.17, 15) is 4.79 Å². The molecule has 5 heteroatoms. The molecule has 4 nitrogen and oxygen atoms in total. The molecule has 146 valence electrons. The standard InChI is InChI=1S/C23H26ClN3O/c24-19-8-5-17(6-9-19)16-27-13-11-20(12-14-27)26-23(28)10-7-18-15-25-22-4-2-1-3-21(18)22/h1-6,8-9,15,20,25H,7,10-14,16H2,(H,26,28). The van der Waals surface area contributed by atoms with Gasteiger partial charge in [0.05, 0.1) is 0 Å². The number of likely N-dealkylation sites (tertiary alicyclic amines) is 1. The minimum Gasteiger partial charge on any atom is -0.361 e. The summed E-state index contributed by atoms with van der Waals surface area (Å²) in [7, 11) is 0. The number of aryl methyl sites for hydroxylation is 1. The third-order valence-corrected chi connectivity index (χ3v) is 5.82. The number of nitrogens with one attached hydrogen (secondary N) is 2. The van der Waals surface area contributed by atoms with Gasteiger partial charge in [0.25, 0.3) is 0 Å². The number of carbonyl (C=O) groups is 1. The first kappa shape index (κ1) is 19.0. The highest BCUT2D eigenvalue weighted by Gasteiger charge is 2.20. The molecule has 1 amide bonds. The Bertz CT molecular complexity index is 926. The summed E-state index contributed by atoms with van der Waals surface area (Å²) in [5.74, 6) is 0.154. The molecule has 2 heterocycles. The van der Waals surface area contributed by atoms with E-state index in [4.69, 9.17) is 11.6 Å². The zero-order chi connectivity index (χ0) is 19.3. The van der Waals surface area contributed by atoms with E-state index >= 15 is 0 Å². The van der Waals surface area contributed by atoms with E-state index in [1.165, 1.54) is 16.5 Å². The highest BCUT2D eigenvalue weighted by molar-refractivity contribution is 6.30. The van der Waals surface area contributed by atoms with Crippen molar-refractivity contribution in [2.75, 3.05) is 13.1 Å². The Kier molecular flexibility index (Phi) is 5.98. The third kappa shape index (κ3) is 4.75. The molecule has 0 aliphatic carbocycles. The fourth-order valence-electron chi connectivity index (χ4n) is 3.97. The van der Waals surface area contributed by atoms with Crippen molar-refractivity contribution in [3.05, 3.63) is 70.9 Å². The fraction of sp³-hybridized carbons (Fsp3) is 0.348. The first-order valence-electron chi connectivity index (χ1n) is 9.98. The Hall–Kier alpha value is -2.30. The summed E-state index contributed by atoms with van der Waals surface area (Å²) in [5.41, 5.74) is 3.63. The van der Waals surface area contributed by atoms with Crippen molar-refractivity contribution in [3.8, 4) is 0 Å². The summed E-state index contributed by atoms with van der Waals surface area (Å²) in [6.45, 7) is 2.96. The van der Waals surface area contributed by atoms with Crippen LogP contribution in [0.2, 0.25) is 5.02 Å². The van der Waals surface area contributed by atoms with Gasteiger partial charge in [-0.05, 0) is 48.6 Å². The maximum Gasteiger partial charge on any atom is 0.220 e. The number of piperidine rings is 1. The molecule has 0 spiro atoms. The number of nitrogens with zero attached hydrogens (tertiary/aromatic N) is 1. The maximum atomic E-state index is 12.4. The summed E-state index contributed by atoms with van der Waals surface area (Å²) >= 11 is 5.95. The van der Waals surface area contributed by atoms with E-state index in [-0.39, 0.29) is 11.9 Å². The number of benzene rings is 2. The van der Waals surface area contributed by atoms with Crippen LogP contribution in [0.15, 0.2) is 54.7 Å². The van der Waals surface area contributed by atoms with Crippen molar-refractivity contribution >= 4 is 28.4 Å². The lowest BCUT2D eigenvalue weighted by atomic mass is 10.0. The van der Waals surface area contributed by atoms with Crippen LogP contribution in [0.4, 0.5) is 0 Å². The third-order valence-electron chi connectivity index (χ3n) is 5.57. The number of hydrogen-bond acceptors (Lipinski definition) is 2. The van der Waals surface area contributed by atoms with Gasteiger partial charge in [0, 0.05) is 54.2 Å². The molecule has 0 unspecified atom stereocenters. The fourth-order valence-corrected chi connectivity index (χ4v) is 4.10. The summed E-state index contributed by atoms with van der Waals surface area (Å²) in [6, 6.07) is 16.6. The number of aromatic nitrogens is 1. The van der Waals surface area contributed by atoms with Crippen LogP contribution in [0.3, 0.4) is 0 Å². The van der Waals surface area contributed by atoms with Crippen LogP contribution in [0.5, 0.6) is 0 Å². The van der Waals surface area contributed by atoms with E-state index in [0.29, 0.717) is 6.42 Å². The lowest BCUT2D eigenvalue weighted by Gasteiger charge is -2.32. The predicted molar refractivity (Wildman–Crippen MR) is 115 cm³/mol. The van der Waals surface area contributed by atoms with Gasteiger partial charge in [0.1, 0.15) is 0 Å². The predicted octanol–water partition coefficient (Wildman–Crippen LogP) is 4.53. The summed E-state index contributed by atoms with van der Waals surface area (Å²) in [5, 5.41) is 5.22. The number of carbonyl (C=O) groups excluding carboxylic acids is 1. The van der Waals surface area contributed by atoms with Crippen LogP contribution < -0.4 is 5.32 Å². The number of amides is 1. The molecule has 28 heavy (non-hydrogen) atoms. The number of aromatic amines is 1. The molecule has 1 aliphatic rings. The second-order valence-electron chi connectivity index (χ2n) is 7.60. The van der Waals surface area contributed by atoms with Gasteiger partial charge in [-0.25, -0.2) is 0 Å². The number of hydrogen-bond donors (Lipinski definition) is 2. The van der Waals surface area contributed by atoms with Crippen molar-refractivity contribution in [3.63, 3.8) is 0 Å². The minimum atomic E-state index is 0.154. The van der Waals surface area contributed by atoms with Crippen molar-refractivity contribution in [1.29, 1.82) is 0 Å². The molecular weight excluding hydrogens is 370 g/mol. The highest BCUT2D eigenvalue weighted by Crippen LogP contribution is 2.19. The molecular formula is C23H26ClN3O. The van der Waals surface area contributed by atoms with Crippen LogP contribution >= 0.6 is 11.6 Å². The molecule has 3 aromatic rings. The lowest BCUT2D eigenvalue weighted by Crippen LogP contribution is -2.44. The van der Waals surface area contributed by atoms with E-state index in [2.05, 4.69) is 39.5 Å². The smallest absolute Gasteiger partial charge is 0.220 e. The Morgan fingerprint density at radius 1 is 1.11 bits per heavy atom. The second kappa shape index (κ2) is 8.80. The van der Waals surface area contributed by atoms with E-state index in [1.807, 2.05) is 30.5 Å². The molecule has 0 saturated carbocycles. The average Bonchev–Trinajstić information content (AvgIpc) is 3.13. The Morgan fingerprint density at radius 3 is 2.64 bits per heavy atom. The first-order chi connectivity index (χ1) is 13.7. The topological polar surface area (TPSA) is 48.1 Å². The molecule has 1 aromatic heterocycles. The SMILES string of the molecule is O=C(CCc1c[nH]c2ccccc12)NC1CCN(Cc2ccc(Cl)cc2)CC1. The minimum absolute atomic E-state index is 0.154. The molecule has 0 radical (unpaired) electrons. The van der Waals surface area contributed by atoms with Crippen LogP contribution in [-0.4, -0.2) is 34.9 Å². The molecule has 1 fully saturated rings. The zero-order valence-electron chi connectivity index (χ0n) is 16.0. The summed E-state index contributed by atoms with van der Waals surface area (Å²) < 4.78 is 0. The van der Waals surface area contributed by atoms with Crippen molar-refractivity contribution in [2.24, 2.45) is 0 Å². The molecule has 1 saturated heterocycles. The van der Waals surface area contributed by atoms with Gasteiger partial charge in [0.15, 0.2) is 0 Å². The van der Waals surface area contributed by atoms with Gasteiger partial charge in [0.2, 0.25) is 5.91 Å². The van der Waals surface area contributed by atoms with Crippen LogP contribution in [-0.2, 0) is 17.8 Å². The Morgan fingerprint density at radius 2 is 1.86 bits per heavy atom. The zero-order valence-corrected chi connectivity index (χ0v) is 16.7.